The Kier molecular flexibility index (Phi) is 2.69. The van der Waals surface area contributed by atoms with Crippen molar-refractivity contribution in [3.8, 4) is 0 Å². The molecule has 0 amide bonds. The van der Waals surface area contributed by atoms with Crippen molar-refractivity contribution in [2.45, 2.75) is 6.92 Å². The predicted molar refractivity (Wildman–Crippen MR) is 76.7 cm³/mol. The first-order valence-electron chi connectivity index (χ1n) is 6.00. The van der Waals surface area contributed by atoms with Gasteiger partial charge in [0.15, 0.2) is 0 Å². The average Bonchev–Trinajstić information content (AvgIpc) is 2.78. The molecule has 0 unspecified atom stereocenters. The van der Waals surface area contributed by atoms with Gasteiger partial charge in [-0.3, -0.25) is 4.99 Å². The number of fused-ring (bicyclic) bond motifs is 1. The number of aromatic amines is 1. The first kappa shape index (κ1) is 10.8. The predicted octanol–water partition coefficient (Wildman–Crippen LogP) is 4.23. The van der Waals surface area contributed by atoms with Crippen LogP contribution in [0.25, 0.3) is 10.9 Å². The van der Waals surface area contributed by atoms with E-state index in [-0.39, 0.29) is 0 Å². The third-order valence-corrected chi connectivity index (χ3v) is 2.93. The molecule has 1 heterocycles. The summed E-state index contributed by atoms with van der Waals surface area (Å²) in [4.78, 5) is 7.86. The van der Waals surface area contributed by atoms with Gasteiger partial charge < -0.3 is 4.98 Å². The first-order chi connectivity index (χ1) is 8.83. The van der Waals surface area contributed by atoms with Crippen LogP contribution in [0.4, 0.5) is 5.69 Å². The highest BCUT2D eigenvalue weighted by Gasteiger charge is 2.00. The maximum absolute atomic E-state index is 4.49. The number of aliphatic imine (C=N–C) groups is 1. The number of para-hydroxylation sites is 2. The van der Waals surface area contributed by atoms with E-state index in [1.54, 1.807) is 0 Å². The van der Waals surface area contributed by atoms with E-state index in [0.29, 0.717) is 0 Å². The largest absolute Gasteiger partial charge is 0.358 e. The molecule has 2 aromatic carbocycles. The van der Waals surface area contributed by atoms with Gasteiger partial charge in [-0.25, -0.2) is 0 Å². The minimum atomic E-state index is 0.970. The molecule has 0 bridgehead atoms. The quantitative estimate of drug-likeness (QED) is 0.643. The third-order valence-electron chi connectivity index (χ3n) is 2.93. The van der Waals surface area contributed by atoms with Gasteiger partial charge >= 0.3 is 0 Å². The lowest BCUT2D eigenvalue weighted by Crippen LogP contribution is -1.83. The van der Waals surface area contributed by atoms with Gasteiger partial charge in [0, 0.05) is 22.9 Å². The van der Waals surface area contributed by atoms with Gasteiger partial charge in [-0.1, -0.05) is 36.4 Å². The van der Waals surface area contributed by atoms with Crippen LogP contribution >= 0.6 is 0 Å². The highest BCUT2D eigenvalue weighted by atomic mass is 14.7. The van der Waals surface area contributed by atoms with Gasteiger partial charge in [0.2, 0.25) is 0 Å². The molecule has 0 atom stereocenters. The lowest BCUT2D eigenvalue weighted by atomic mass is 10.1. The number of nitrogens with one attached hydrogen (secondary N) is 1. The summed E-state index contributed by atoms with van der Waals surface area (Å²) in [5.41, 5.74) is 4.41. The Bertz CT molecular complexity index is 693. The Hall–Kier alpha value is -2.35. The van der Waals surface area contributed by atoms with E-state index < -0.39 is 0 Å². The molecule has 0 aliphatic heterocycles. The number of aryl methyl sites for hydroxylation is 1. The molecule has 0 saturated carbocycles. The molecule has 1 aromatic heterocycles. The van der Waals surface area contributed by atoms with E-state index in [2.05, 4.69) is 41.2 Å². The maximum Gasteiger partial charge on any atom is 0.0629 e. The van der Waals surface area contributed by atoms with Gasteiger partial charge in [0.05, 0.1) is 11.2 Å². The summed E-state index contributed by atoms with van der Waals surface area (Å²) < 4.78 is 0. The summed E-state index contributed by atoms with van der Waals surface area (Å²) >= 11 is 0. The molecule has 88 valence electrons. The molecule has 0 aliphatic carbocycles. The second-order valence-corrected chi connectivity index (χ2v) is 4.36. The Morgan fingerprint density at radius 2 is 1.83 bits per heavy atom. The molecule has 0 saturated heterocycles. The molecule has 3 aromatic rings. The zero-order valence-electron chi connectivity index (χ0n) is 10.2. The number of hydrogen-bond donors (Lipinski definition) is 1. The lowest BCUT2D eigenvalue weighted by Gasteiger charge is -1.96. The Balaban J connectivity index is 2.02. The molecule has 1 N–H and O–H groups in total. The van der Waals surface area contributed by atoms with Crippen LogP contribution in [0.3, 0.4) is 0 Å². The van der Waals surface area contributed by atoms with Crippen molar-refractivity contribution >= 4 is 22.8 Å². The van der Waals surface area contributed by atoms with Gasteiger partial charge in [-0.2, -0.15) is 0 Å². The molecule has 3 rings (SSSR count). The van der Waals surface area contributed by atoms with Crippen LogP contribution in [0.2, 0.25) is 0 Å². The number of H-pyrrole nitrogens is 1. The number of rotatable bonds is 2. The Morgan fingerprint density at radius 3 is 2.67 bits per heavy atom. The number of benzene rings is 2. The van der Waals surface area contributed by atoms with Crippen molar-refractivity contribution in [2.75, 3.05) is 0 Å². The molecule has 18 heavy (non-hydrogen) atoms. The van der Waals surface area contributed by atoms with E-state index in [0.717, 1.165) is 16.8 Å². The number of hydrogen-bond acceptors (Lipinski definition) is 1. The monoisotopic (exact) mass is 234 g/mol. The molecule has 2 nitrogen and oxygen atoms in total. The van der Waals surface area contributed by atoms with E-state index in [4.69, 9.17) is 0 Å². The summed E-state index contributed by atoms with van der Waals surface area (Å²) in [6, 6.07) is 18.4. The van der Waals surface area contributed by atoms with E-state index in [1.807, 2.05) is 36.5 Å². The van der Waals surface area contributed by atoms with Crippen LogP contribution in [-0.2, 0) is 0 Å². The van der Waals surface area contributed by atoms with Crippen molar-refractivity contribution in [3.05, 3.63) is 65.9 Å². The Morgan fingerprint density at radius 1 is 1.00 bits per heavy atom. The van der Waals surface area contributed by atoms with Crippen LogP contribution in [0, 0.1) is 6.92 Å². The first-order valence-corrected chi connectivity index (χ1v) is 6.00. The second kappa shape index (κ2) is 4.49. The molecule has 0 fully saturated rings. The van der Waals surface area contributed by atoms with Gasteiger partial charge in [-0.05, 0) is 25.1 Å². The van der Waals surface area contributed by atoms with Crippen LogP contribution < -0.4 is 0 Å². The molecule has 0 aliphatic rings. The van der Waals surface area contributed by atoms with E-state index >= 15 is 0 Å². The SMILES string of the molecule is Cc1cc2cccc(/C=N/c3ccccc3)c2[nH]1. The Labute approximate surface area is 106 Å². The number of aromatic nitrogens is 1. The molecular formula is C16H14N2. The molecular weight excluding hydrogens is 220 g/mol. The van der Waals surface area contributed by atoms with Crippen molar-refractivity contribution < 1.29 is 0 Å². The van der Waals surface area contributed by atoms with Gasteiger partial charge in [0.1, 0.15) is 0 Å². The summed E-state index contributed by atoms with van der Waals surface area (Å²) in [5, 5.41) is 1.23. The minimum Gasteiger partial charge on any atom is -0.358 e. The zero-order chi connectivity index (χ0) is 12.4. The molecule has 0 radical (unpaired) electrons. The standard InChI is InChI=1S/C16H14N2/c1-12-10-13-6-5-7-14(16(13)18-12)11-17-15-8-3-2-4-9-15/h2-11,18H,1H3/b17-11+. The van der Waals surface area contributed by atoms with Crippen LogP contribution in [-0.4, -0.2) is 11.2 Å². The van der Waals surface area contributed by atoms with Gasteiger partial charge in [0.25, 0.3) is 0 Å². The van der Waals surface area contributed by atoms with Crippen molar-refractivity contribution in [1.82, 2.24) is 4.98 Å². The molecule has 2 heteroatoms. The zero-order valence-corrected chi connectivity index (χ0v) is 10.2. The summed E-state index contributed by atoms with van der Waals surface area (Å²) in [6.45, 7) is 2.07. The van der Waals surface area contributed by atoms with E-state index in [9.17, 15) is 0 Å². The third kappa shape index (κ3) is 2.05. The smallest absolute Gasteiger partial charge is 0.0629 e. The van der Waals surface area contributed by atoms with Crippen LogP contribution in [0.5, 0.6) is 0 Å². The fraction of sp³-hybridized carbons (Fsp3) is 0.0625. The maximum atomic E-state index is 4.49. The highest BCUT2D eigenvalue weighted by molar-refractivity contribution is 5.98. The van der Waals surface area contributed by atoms with Crippen LogP contribution in [0.1, 0.15) is 11.3 Å². The normalized spacial score (nSPS) is 11.4. The summed E-state index contributed by atoms with van der Waals surface area (Å²) in [7, 11) is 0. The van der Waals surface area contributed by atoms with E-state index in [1.165, 1.54) is 11.1 Å². The van der Waals surface area contributed by atoms with Crippen LogP contribution in [0.15, 0.2) is 59.6 Å². The van der Waals surface area contributed by atoms with Crippen molar-refractivity contribution in [1.29, 1.82) is 0 Å². The fourth-order valence-corrected chi connectivity index (χ4v) is 2.09. The molecule has 0 spiro atoms. The number of nitrogens with zero attached hydrogens (tertiary/aromatic N) is 1. The summed E-state index contributed by atoms with van der Waals surface area (Å²) in [6.07, 6.45) is 1.91. The minimum absolute atomic E-state index is 0.970. The highest BCUT2D eigenvalue weighted by Crippen LogP contribution is 2.19. The second-order valence-electron chi connectivity index (χ2n) is 4.36. The topological polar surface area (TPSA) is 28.1 Å². The average molecular weight is 234 g/mol. The van der Waals surface area contributed by atoms with Crippen molar-refractivity contribution in [3.63, 3.8) is 0 Å². The van der Waals surface area contributed by atoms with Gasteiger partial charge in [-0.15, -0.1) is 0 Å². The fourth-order valence-electron chi connectivity index (χ4n) is 2.09. The lowest BCUT2D eigenvalue weighted by molar-refractivity contribution is 1.30. The summed E-state index contributed by atoms with van der Waals surface area (Å²) in [5.74, 6) is 0. The van der Waals surface area contributed by atoms with Crippen molar-refractivity contribution in [2.24, 2.45) is 4.99 Å².